The molecule has 0 saturated carbocycles. The van der Waals surface area contributed by atoms with Crippen molar-refractivity contribution in [2.75, 3.05) is 6.61 Å². The summed E-state index contributed by atoms with van der Waals surface area (Å²) in [6, 6.07) is 19.3. The van der Waals surface area contributed by atoms with Gasteiger partial charge in [0.1, 0.15) is 11.3 Å². The first-order chi connectivity index (χ1) is 11.7. The van der Waals surface area contributed by atoms with Crippen molar-refractivity contribution < 1.29 is 14.6 Å². The molecule has 0 aliphatic rings. The van der Waals surface area contributed by atoms with Gasteiger partial charge in [0.15, 0.2) is 0 Å². The third-order valence-electron chi connectivity index (χ3n) is 3.66. The average Bonchev–Trinajstić information content (AvgIpc) is 2.63. The molecular formula is C20H17NO3. The predicted octanol–water partition coefficient (Wildman–Crippen LogP) is 4.51. The predicted molar refractivity (Wildman–Crippen MR) is 93.2 cm³/mol. The van der Waals surface area contributed by atoms with Crippen LogP contribution in [-0.2, 0) is 0 Å². The zero-order chi connectivity index (χ0) is 16.9. The van der Waals surface area contributed by atoms with Gasteiger partial charge >= 0.3 is 5.97 Å². The highest BCUT2D eigenvalue weighted by atomic mass is 16.5. The molecule has 1 N–H and O–H groups in total. The van der Waals surface area contributed by atoms with Gasteiger partial charge in [-0.1, -0.05) is 60.7 Å². The largest absolute Gasteiger partial charge is 0.492 e. The number of carbonyl (C=O) groups is 1. The van der Waals surface area contributed by atoms with Crippen molar-refractivity contribution in [3.63, 3.8) is 0 Å². The Morgan fingerprint density at radius 2 is 1.58 bits per heavy atom. The smallest absolute Gasteiger partial charge is 0.341 e. The topological polar surface area (TPSA) is 59.4 Å². The zero-order valence-electron chi connectivity index (χ0n) is 13.3. The van der Waals surface area contributed by atoms with Crippen LogP contribution in [0.25, 0.3) is 22.4 Å². The normalized spacial score (nSPS) is 10.4. The maximum atomic E-state index is 11.6. The minimum absolute atomic E-state index is 0.0652. The Morgan fingerprint density at radius 3 is 2.12 bits per heavy atom. The number of carboxylic acid groups (broad SMARTS) is 1. The maximum Gasteiger partial charge on any atom is 0.341 e. The first-order valence-corrected chi connectivity index (χ1v) is 7.72. The Labute approximate surface area is 140 Å². The Morgan fingerprint density at radius 1 is 1.00 bits per heavy atom. The van der Waals surface area contributed by atoms with E-state index in [9.17, 15) is 9.90 Å². The fourth-order valence-electron chi connectivity index (χ4n) is 2.63. The second kappa shape index (κ2) is 6.96. The number of rotatable bonds is 5. The molecule has 2 aromatic carbocycles. The molecule has 120 valence electrons. The van der Waals surface area contributed by atoms with Gasteiger partial charge in [0.2, 0.25) is 0 Å². The van der Waals surface area contributed by atoms with Crippen LogP contribution in [0.5, 0.6) is 5.75 Å². The Hall–Kier alpha value is -3.14. The second-order valence-corrected chi connectivity index (χ2v) is 5.19. The molecule has 1 heterocycles. The van der Waals surface area contributed by atoms with Crippen molar-refractivity contribution in [3.8, 4) is 28.1 Å². The number of hydrogen-bond acceptors (Lipinski definition) is 3. The summed E-state index contributed by atoms with van der Waals surface area (Å²) in [5, 5.41) is 9.51. The molecule has 0 atom stereocenters. The van der Waals surface area contributed by atoms with Crippen molar-refractivity contribution in [3.05, 3.63) is 72.4 Å². The number of ether oxygens (including phenoxy) is 1. The summed E-state index contributed by atoms with van der Waals surface area (Å²) in [4.78, 5) is 16.0. The highest BCUT2D eigenvalue weighted by Gasteiger charge is 2.22. The van der Waals surface area contributed by atoms with Gasteiger partial charge in [-0.25, -0.2) is 4.79 Å². The molecule has 0 aliphatic heterocycles. The van der Waals surface area contributed by atoms with Crippen LogP contribution < -0.4 is 4.74 Å². The molecule has 0 bridgehead atoms. The minimum atomic E-state index is -1.05. The van der Waals surface area contributed by atoms with Crippen LogP contribution in [0.3, 0.4) is 0 Å². The van der Waals surface area contributed by atoms with Gasteiger partial charge in [0.05, 0.1) is 17.9 Å². The van der Waals surface area contributed by atoms with Crippen LogP contribution in [0.1, 0.15) is 17.3 Å². The van der Waals surface area contributed by atoms with Gasteiger partial charge in [-0.3, -0.25) is 4.98 Å². The summed E-state index contributed by atoms with van der Waals surface area (Å²) in [7, 11) is 0. The summed E-state index contributed by atoms with van der Waals surface area (Å²) in [5.41, 5.74) is 3.25. The molecule has 0 unspecified atom stereocenters. The lowest BCUT2D eigenvalue weighted by molar-refractivity contribution is 0.0692. The van der Waals surface area contributed by atoms with Gasteiger partial charge < -0.3 is 9.84 Å². The van der Waals surface area contributed by atoms with Crippen molar-refractivity contribution >= 4 is 5.97 Å². The number of aromatic nitrogens is 1. The van der Waals surface area contributed by atoms with Gasteiger partial charge in [0.25, 0.3) is 0 Å². The van der Waals surface area contributed by atoms with Gasteiger partial charge in [-0.15, -0.1) is 0 Å². The van der Waals surface area contributed by atoms with Crippen LogP contribution in [0.15, 0.2) is 66.9 Å². The van der Waals surface area contributed by atoms with E-state index < -0.39 is 5.97 Å². The van der Waals surface area contributed by atoms with Crippen LogP contribution in [0.2, 0.25) is 0 Å². The molecule has 0 aliphatic carbocycles. The molecule has 3 rings (SSSR count). The van der Waals surface area contributed by atoms with E-state index in [1.807, 2.05) is 67.6 Å². The zero-order valence-corrected chi connectivity index (χ0v) is 13.3. The minimum Gasteiger partial charge on any atom is -0.492 e. The number of nitrogens with zero attached hydrogens (tertiary/aromatic N) is 1. The Bertz CT molecular complexity index is 846. The summed E-state index contributed by atoms with van der Waals surface area (Å²) in [6.07, 6.45) is 1.36. The SMILES string of the molecule is CCOc1c(C(=O)O)cnc(-c2ccccc2)c1-c1ccccc1. The lowest BCUT2D eigenvalue weighted by atomic mass is 9.96. The van der Waals surface area contributed by atoms with Gasteiger partial charge in [0, 0.05) is 11.8 Å². The average molecular weight is 319 g/mol. The van der Waals surface area contributed by atoms with Crippen molar-refractivity contribution in [1.29, 1.82) is 0 Å². The number of benzene rings is 2. The van der Waals surface area contributed by atoms with Crippen LogP contribution in [-0.4, -0.2) is 22.7 Å². The number of carboxylic acids is 1. The van der Waals surface area contributed by atoms with Crippen molar-refractivity contribution in [2.24, 2.45) is 0 Å². The molecule has 24 heavy (non-hydrogen) atoms. The lowest BCUT2D eigenvalue weighted by Gasteiger charge is -2.17. The molecule has 0 amide bonds. The quantitative estimate of drug-likeness (QED) is 0.751. The second-order valence-electron chi connectivity index (χ2n) is 5.19. The van der Waals surface area contributed by atoms with E-state index in [-0.39, 0.29) is 5.56 Å². The van der Waals surface area contributed by atoms with E-state index >= 15 is 0 Å². The molecule has 3 aromatic rings. The van der Waals surface area contributed by atoms with Crippen molar-refractivity contribution in [1.82, 2.24) is 4.98 Å². The summed E-state index contributed by atoms with van der Waals surface area (Å²) >= 11 is 0. The summed E-state index contributed by atoms with van der Waals surface area (Å²) < 4.78 is 5.73. The van der Waals surface area contributed by atoms with Crippen molar-refractivity contribution in [2.45, 2.75) is 6.92 Å². The highest BCUT2D eigenvalue weighted by molar-refractivity contribution is 5.97. The monoisotopic (exact) mass is 319 g/mol. The molecule has 0 fully saturated rings. The van der Waals surface area contributed by atoms with Gasteiger partial charge in [-0.05, 0) is 12.5 Å². The standard InChI is InChI=1S/C20H17NO3/c1-2-24-19-16(20(22)23)13-21-18(15-11-7-4-8-12-15)17(19)14-9-5-3-6-10-14/h3-13H,2H2,1H3,(H,22,23). The maximum absolute atomic E-state index is 11.6. The van der Waals surface area contributed by atoms with E-state index in [0.717, 1.165) is 11.1 Å². The Kier molecular flexibility index (Phi) is 4.57. The molecule has 0 saturated heterocycles. The fraction of sp³-hybridized carbons (Fsp3) is 0.100. The molecule has 0 radical (unpaired) electrons. The van der Waals surface area contributed by atoms with Crippen LogP contribution >= 0.6 is 0 Å². The molecule has 4 heteroatoms. The number of aromatic carboxylic acids is 1. The number of pyridine rings is 1. The van der Waals surface area contributed by atoms with Crippen LogP contribution in [0.4, 0.5) is 0 Å². The van der Waals surface area contributed by atoms with E-state index in [2.05, 4.69) is 4.98 Å². The highest BCUT2D eigenvalue weighted by Crippen LogP contribution is 2.40. The molecular weight excluding hydrogens is 302 g/mol. The summed E-state index contributed by atoms with van der Waals surface area (Å²) in [5.74, 6) is -0.701. The molecule has 1 aromatic heterocycles. The van der Waals surface area contributed by atoms with E-state index in [0.29, 0.717) is 23.6 Å². The summed E-state index contributed by atoms with van der Waals surface area (Å²) in [6.45, 7) is 2.21. The Balaban J connectivity index is 2.34. The third kappa shape index (κ3) is 2.99. The van der Waals surface area contributed by atoms with Crippen LogP contribution in [0, 0.1) is 0 Å². The first-order valence-electron chi connectivity index (χ1n) is 7.72. The molecule has 0 spiro atoms. The first kappa shape index (κ1) is 15.7. The van der Waals surface area contributed by atoms with E-state index in [4.69, 9.17) is 4.74 Å². The van der Waals surface area contributed by atoms with E-state index in [1.165, 1.54) is 6.20 Å². The number of hydrogen-bond donors (Lipinski definition) is 1. The lowest BCUT2D eigenvalue weighted by Crippen LogP contribution is -2.07. The molecule has 4 nitrogen and oxygen atoms in total. The van der Waals surface area contributed by atoms with E-state index in [1.54, 1.807) is 0 Å². The van der Waals surface area contributed by atoms with Gasteiger partial charge in [-0.2, -0.15) is 0 Å². The fourth-order valence-corrected chi connectivity index (χ4v) is 2.63. The third-order valence-corrected chi connectivity index (χ3v) is 3.66.